The Morgan fingerprint density at radius 3 is 2.96 bits per heavy atom. The zero-order chi connectivity index (χ0) is 16.1. The Morgan fingerprint density at radius 2 is 2.17 bits per heavy atom. The highest BCUT2D eigenvalue weighted by atomic mass is 35.5. The van der Waals surface area contributed by atoms with Crippen LogP contribution in [0.25, 0.3) is 11.7 Å². The van der Waals surface area contributed by atoms with Gasteiger partial charge in [0, 0.05) is 11.6 Å². The Balaban J connectivity index is 1.47. The highest BCUT2D eigenvalue weighted by Gasteiger charge is 2.12. The van der Waals surface area contributed by atoms with E-state index in [1.165, 1.54) is 6.26 Å². The standard InChI is InChI=1S/C15H12ClN3O3S/c16-11-4-1-3-10(7-11)8-17-13(20)9-23-15-19-18-14(22-15)12-5-2-6-21-12/h1-7H,8-9H2,(H,17,20). The van der Waals surface area contributed by atoms with Crippen LogP contribution in [0.2, 0.25) is 5.02 Å². The molecule has 2 heterocycles. The molecule has 0 fully saturated rings. The van der Waals surface area contributed by atoms with Crippen LogP contribution in [-0.2, 0) is 11.3 Å². The molecule has 1 aromatic carbocycles. The van der Waals surface area contributed by atoms with Crippen molar-refractivity contribution in [2.45, 2.75) is 11.8 Å². The Bertz CT molecular complexity index is 789. The Kier molecular flexibility index (Phi) is 4.99. The first-order valence-electron chi connectivity index (χ1n) is 6.72. The quantitative estimate of drug-likeness (QED) is 0.687. The first-order valence-corrected chi connectivity index (χ1v) is 8.08. The van der Waals surface area contributed by atoms with Gasteiger partial charge in [0.15, 0.2) is 5.76 Å². The second-order valence-electron chi connectivity index (χ2n) is 4.55. The van der Waals surface area contributed by atoms with Crippen molar-refractivity contribution in [1.82, 2.24) is 15.5 Å². The second kappa shape index (κ2) is 7.34. The van der Waals surface area contributed by atoms with Gasteiger partial charge in [-0.2, -0.15) is 0 Å². The molecule has 0 spiro atoms. The molecule has 118 valence electrons. The Hall–Kier alpha value is -2.25. The zero-order valence-corrected chi connectivity index (χ0v) is 13.4. The van der Waals surface area contributed by atoms with Gasteiger partial charge < -0.3 is 14.2 Å². The third-order valence-electron chi connectivity index (χ3n) is 2.84. The van der Waals surface area contributed by atoms with Crippen LogP contribution in [0.15, 0.2) is 56.7 Å². The third-order valence-corrected chi connectivity index (χ3v) is 3.90. The first kappa shape index (κ1) is 15.6. The fourth-order valence-electron chi connectivity index (χ4n) is 1.79. The van der Waals surface area contributed by atoms with Crippen molar-refractivity contribution in [3.8, 4) is 11.7 Å². The number of carbonyl (C=O) groups is 1. The maximum absolute atomic E-state index is 11.8. The zero-order valence-electron chi connectivity index (χ0n) is 11.9. The van der Waals surface area contributed by atoms with Gasteiger partial charge in [-0.3, -0.25) is 4.79 Å². The summed E-state index contributed by atoms with van der Waals surface area (Å²) in [5.41, 5.74) is 0.939. The molecule has 1 N–H and O–H groups in total. The summed E-state index contributed by atoms with van der Waals surface area (Å²) in [6.07, 6.45) is 1.52. The molecule has 8 heteroatoms. The van der Waals surface area contributed by atoms with Crippen molar-refractivity contribution in [3.63, 3.8) is 0 Å². The van der Waals surface area contributed by atoms with Crippen molar-refractivity contribution in [3.05, 3.63) is 53.2 Å². The van der Waals surface area contributed by atoms with E-state index in [1.807, 2.05) is 18.2 Å². The topological polar surface area (TPSA) is 81.2 Å². The van der Waals surface area contributed by atoms with Gasteiger partial charge in [-0.05, 0) is 29.8 Å². The number of benzene rings is 1. The molecule has 0 unspecified atom stereocenters. The van der Waals surface area contributed by atoms with E-state index in [0.717, 1.165) is 17.3 Å². The number of carbonyl (C=O) groups excluding carboxylic acids is 1. The lowest BCUT2D eigenvalue weighted by Gasteiger charge is -2.04. The van der Waals surface area contributed by atoms with Gasteiger partial charge in [0.25, 0.3) is 11.1 Å². The van der Waals surface area contributed by atoms with E-state index in [9.17, 15) is 4.79 Å². The minimum absolute atomic E-state index is 0.132. The number of thioether (sulfide) groups is 1. The molecule has 0 aliphatic carbocycles. The van der Waals surface area contributed by atoms with Crippen LogP contribution in [0.4, 0.5) is 0 Å². The van der Waals surface area contributed by atoms with E-state index < -0.39 is 0 Å². The number of furan rings is 1. The normalized spacial score (nSPS) is 10.7. The predicted octanol–water partition coefficient (Wildman–Crippen LogP) is 3.39. The summed E-state index contributed by atoms with van der Waals surface area (Å²) < 4.78 is 10.6. The molecule has 3 aromatic rings. The molecule has 3 rings (SSSR count). The molecule has 2 aromatic heterocycles. The van der Waals surface area contributed by atoms with Gasteiger partial charge in [0.1, 0.15) is 0 Å². The molecule has 0 radical (unpaired) electrons. The van der Waals surface area contributed by atoms with Crippen molar-refractivity contribution in [2.75, 3.05) is 5.75 Å². The maximum Gasteiger partial charge on any atom is 0.284 e. The number of hydrogen-bond acceptors (Lipinski definition) is 6. The number of halogens is 1. The van der Waals surface area contributed by atoms with Crippen LogP contribution in [0.1, 0.15) is 5.56 Å². The van der Waals surface area contributed by atoms with E-state index in [1.54, 1.807) is 18.2 Å². The number of rotatable bonds is 6. The van der Waals surface area contributed by atoms with Crippen LogP contribution in [0, 0.1) is 0 Å². The van der Waals surface area contributed by atoms with E-state index in [0.29, 0.717) is 22.6 Å². The number of nitrogens with zero attached hydrogens (tertiary/aromatic N) is 2. The summed E-state index contributed by atoms with van der Waals surface area (Å²) in [5.74, 6) is 0.833. The van der Waals surface area contributed by atoms with Crippen LogP contribution < -0.4 is 5.32 Å². The second-order valence-corrected chi connectivity index (χ2v) is 5.91. The molecule has 23 heavy (non-hydrogen) atoms. The van der Waals surface area contributed by atoms with E-state index in [-0.39, 0.29) is 17.6 Å². The molecule has 0 saturated carbocycles. The van der Waals surface area contributed by atoms with Gasteiger partial charge in [0.05, 0.1) is 12.0 Å². The lowest BCUT2D eigenvalue weighted by atomic mass is 10.2. The third kappa shape index (κ3) is 4.37. The Morgan fingerprint density at radius 1 is 1.26 bits per heavy atom. The summed E-state index contributed by atoms with van der Waals surface area (Å²) in [5, 5.41) is 11.5. The summed E-state index contributed by atoms with van der Waals surface area (Å²) in [6, 6.07) is 10.8. The van der Waals surface area contributed by atoms with E-state index >= 15 is 0 Å². The van der Waals surface area contributed by atoms with Crippen molar-refractivity contribution in [1.29, 1.82) is 0 Å². The summed E-state index contributed by atoms with van der Waals surface area (Å²) in [4.78, 5) is 11.8. The fourth-order valence-corrected chi connectivity index (χ4v) is 2.60. The number of aromatic nitrogens is 2. The molecule has 0 saturated heterocycles. The average molecular weight is 350 g/mol. The summed E-state index contributed by atoms with van der Waals surface area (Å²) in [7, 11) is 0. The lowest BCUT2D eigenvalue weighted by molar-refractivity contribution is -0.118. The van der Waals surface area contributed by atoms with Crippen LogP contribution in [-0.4, -0.2) is 21.9 Å². The Labute approximate surface area is 141 Å². The van der Waals surface area contributed by atoms with E-state index in [2.05, 4.69) is 15.5 Å². The monoisotopic (exact) mass is 349 g/mol. The smallest absolute Gasteiger partial charge is 0.284 e. The van der Waals surface area contributed by atoms with Crippen molar-refractivity contribution in [2.24, 2.45) is 0 Å². The lowest BCUT2D eigenvalue weighted by Crippen LogP contribution is -2.24. The number of nitrogens with one attached hydrogen (secondary N) is 1. The van der Waals surface area contributed by atoms with Gasteiger partial charge in [-0.25, -0.2) is 0 Å². The number of amides is 1. The molecular weight excluding hydrogens is 338 g/mol. The van der Waals surface area contributed by atoms with Gasteiger partial charge in [-0.15, -0.1) is 10.2 Å². The predicted molar refractivity (Wildman–Crippen MR) is 86.0 cm³/mol. The maximum atomic E-state index is 11.8. The molecule has 6 nitrogen and oxygen atoms in total. The molecule has 0 bridgehead atoms. The van der Waals surface area contributed by atoms with Crippen LogP contribution >= 0.6 is 23.4 Å². The highest BCUT2D eigenvalue weighted by molar-refractivity contribution is 7.99. The van der Waals surface area contributed by atoms with E-state index in [4.69, 9.17) is 20.4 Å². The van der Waals surface area contributed by atoms with Gasteiger partial charge in [0.2, 0.25) is 5.91 Å². The van der Waals surface area contributed by atoms with Crippen molar-refractivity contribution >= 4 is 29.3 Å². The van der Waals surface area contributed by atoms with Gasteiger partial charge >= 0.3 is 0 Å². The number of hydrogen-bond donors (Lipinski definition) is 1. The average Bonchev–Trinajstić information content (AvgIpc) is 3.22. The van der Waals surface area contributed by atoms with Crippen molar-refractivity contribution < 1.29 is 13.6 Å². The molecule has 0 atom stereocenters. The molecule has 0 aliphatic rings. The molecule has 1 amide bonds. The first-order chi connectivity index (χ1) is 11.2. The summed E-state index contributed by atoms with van der Waals surface area (Å²) >= 11 is 7.06. The van der Waals surface area contributed by atoms with Crippen LogP contribution in [0.5, 0.6) is 0 Å². The van der Waals surface area contributed by atoms with Gasteiger partial charge in [-0.1, -0.05) is 35.5 Å². The highest BCUT2D eigenvalue weighted by Crippen LogP contribution is 2.23. The largest absolute Gasteiger partial charge is 0.459 e. The molecular formula is C15H12ClN3O3S. The minimum Gasteiger partial charge on any atom is -0.459 e. The minimum atomic E-state index is -0.132. The SMILES string of the molecule is O=C(CSc1nnc(-c2ccco2)o1)NCc1cccc(Cl)c1. The fraction of sp³-hybridized carbons (Fsp3) is 0.133. The van der Waals surface area contributed by atoms with Crippen LogP contribution in [0.3, 0.4) is 0 Å². The molecule has 0 aliphatic heterocycles. The summed E-state index contributed by atoms with van der Waals surface area (Å²) in [6.45, 7) is 0.418.